The average molecular weight is 379 g/mol. The fourth-order valence-electron chi connectivity index (χ4n) is 4.43. The Morgan fingerprint density at radius 2 is 2.07 bits per heavy atom. The number of pyridine rings is 1. The molecule has 2 atom stereocenters. The van der Waals surface area contributed by atoms with Crippen LogP contribution < -0.4 is 0 Å². The number of hydrogen-bond acceptors (Lipinski definition) is 5. The monoisotopic (exact) mass is 378 g/mol. The molecule has 3 aliphatic heterocycles. The number of nitrogens with zero attached hydrogens (tertiary/aromatic N) is 4. The summed E-state index contributed by atoms with van der Waals surface area (Å²) in [5, 5.41) is 0. The Kier molecular flexibility index (Phi) is 4.38. The number of carbonyl (C=O) groups excluding carboxylic acids is 1. The van der Waals surface area contributed by atoms with Crippen molar-refractivity contribution in [3.8, 4) is 0 Å². The van der Waals surface area contributed by atoms with E-state index in [0.29, 0.717) is 5.92 Å². The second-order valence-electron chi connectivity index (χ2n) is 7.60. The van der Waals surface area contributed by atoms with Gasteiger partial charge in [0.05, 0.1) is 21.4 Å². The Morgan fingerprint density at radius 3 is 2.96 bits per heavy atom. The maximum atomic E-state index is 13.3. The van der Waals surface area contributed by atoms with Gasteiger partial charge in [-0.25, -0.2) is 4.98 Å². The van der Waals surface area contributed by atoms with Crippen molar-refractivity contribution in [1.82, 2.24) is 19.8 Å². The van der Waals surface area contributed by atoms with E-state index in [4.69, 9.17) is 0 Å². The lowest BCUT2D eigenvalue weighted by Crippen LogP contribution is -2.47. The Morgan fingerprint density at radius 1 is 1.11 bits per heavy atom. The van der Waals surface area contributed by atoms with Crippen LogP contribution in [0.2, 0.25) is 0 Å². The minimum atomic E-state index is 0.166. The van der Waals surface area contributed by atoms with E-state index < -0.39 is 0 Å². The predicted octanol–water partition coefficient (Wildman–Crippen LogP) is 3.43. The van der Waals surface area contributed by atoms with Gasteiger partial charge in [0, 0.05) is 44.0 Å². The summed E-state index contributed by atoms with van der Waals surface area (Å²) < 4.78 is 1.08. The zero-order valence-electron chi connectivity index (χ0n) is 15.1. The van der Waals surface area contributed by atoms with Crippen molar-refractivity contribution in [2.24, 2.45) is 5.92 Å². The summed E-state index contributed by atoms with van der Waals surface area (Å²) in [6, 6.07) is 12.3. The molecule has 0 N–H and O–H groups in total. The molecule has 6 rings (SSSR count). The quantitative estimate of drug-likeness (QED) is 0.701. The zero-order valence-corrected chi connectivity index (χ0v) is 15.9. The molecule has 1 amide bonds. The molecule has 0 spiro atoms. The van der Waals surface area contributed by atoms with Crippen LogP contribution in [0, 0.1) is 5.92 Å². The van der Waals surface area contributed by atoms with Crippen molar-refractivity contribution in [3.05, 3.63) is 59.4 Å². The Balaban J connectivity index is 1.35. The highest BCUT2D eigenvalue weighted by Crippen LogP contribution is 2.30. The number of rotatable bonds is 3. The van der Waals surface area contributed by atoms with E-state index in [1.807, 2.05) is 42.0 Å². The third-order valence-electron chi connectivity index (χ3n) is 5.74. The number of carbonyl (C=O) groups is 1. The third-order valence-corrected chi connectivity index (χ3v) is 6.53. The van der Waals surface area contributed by atoms with Crippen molar-refractivity contribution < 1.29 is 4.79 Å². The third kappa shape index (κ3) is 3.35. The van der Waals surface area contributed by atoms with Crippen LogP contribution in [0.3, 0.4) is 0 Å². The van der Waals surface area contributed by atoms with Crippen LogP contribution in [0.1, 0.15) is 28.9 Å². The lowest BCUT2D eigenvalue weighted by Gasteiger charge is -2.36. The number of thiazole rings is 1. The van der Waals surface area contributed by atoms with Crippen LogP contribution in [0.5, 0.6) is 0 Å². The summed E-state index contributed by atoms with van der Waals surface area (Å²) >= 11 is 1.59. The fourth-order valence-corrected chi connectivity index (χ4v) is 5.15. The fraction of sp³-hybridized carbons (Fsp3) is 0.381. The first-order valence-electron chi connectivity index (χ1n) is 9.53. The lowest BCUT2D eigenvalue weighted by atomic mass is 9.94. The molecule has 138 valence electrons. The number of benzene rings is 1. The molecule has 3 fully saturated rings. The second-order valence-corrected chi connectivity index (χ2v) is 8.49. The SMILES string of the molecule is O=C(c1ccc2ncsc2c1)N1C[C@H]2CC[C@@H]1CN(Cc1ccccn1)C2. The largest absolute Gasteiger partial charge is 0.334 e. The first kappa shape index (κ1) is 16.8. The van der Waals surface area contributed by atoms with Gasteiger partial charge in [-0.15, -0.1) is 11.3 Å². The molecule has 0 radical (unpaired) electrons. The van der Waals surface area contributed by atoms with E-state index in [9.17, 15) is 4.79 Å². The minimum absolute atomic E-state index is 0.166. The summed E-state index contributed by atoms with van der Waals surface area (Å²) in [4.78, 5) is 26.6. The number of fused-ring (bicyclic) bond motifs is 5. The zero-order chi connectivity index (χ0) is 18.2. The van der Waals surface area contributed by atoms with E-state index in [-0.39, 0.29) is 11.9 Å². The molecule has 0 saturated carbocycles. The topological polar surface area (TPSA) is 49.3 Å². The van der Waals surface area contributed by atoms with Gasteiger partial charge < -0.3 is 4.90 Å². The van der Waals surface area contributed by atoms with Gasteiger partial charge >= 0.3 is 0 Å². The summed E-state index contributed by atoms with van der Waals surface area (Å²) in [7, 11) is 0. The molecular weight excluding hydrogens is 356 g/mol. The van der Waals surface area contributed by atoms with Gasteiger partial charge in [-0.05, 0) is 49.1 Å². The first-order valence-corrected chi connectivity index (χ1v) is 10.4. The van der Waals surface area contributed by atoms with E-state index in [2.05, 4.69) is 25.8 Å². The summed E-state index contributed by atoms with van der Waals surface area (Å²) in [6.45, 7) is 3.71. The maximum absolute atomic E-state index is 13.3. The van der Waals surface area contributed by atoms with Gasteiger partial charge in [-0.1, -0.05) is 6.07 Å². The molecule has 5 heterocycles. The van der Waals surface area contributed by atoms with Gasteiger partial charge in [0.1, 0.15) is 0 Å². The second kappa shape index (κ2) is 7.02. The van der Waals surface area contributed by atoms with Crippen LogP contribution in [0.25, 0.3) is 10.2 Å². The smallest absolute Gasteiger partial charge is 0.254 e. The molecule has 5 nitrogen and oxygen atoms in total. The maximum Gasteiger partial charge on any atom is 0.254 e. The summed E-state index contributed by atoms with van der Waals surface area (Å²) in [5.74, 6) is 0.711. The number of amides is 1. The molecule has 3 aromatic rings. The Hall–Kier alpha value is -2.31. The molecule has 2 aromatic heterocycles. The Labute approximate surface area is 162 Å². The minimum Gasteiger partial charge on any atom is -0.334 e. The molecule has 2 bridgehead atoms. The van der Waals surface area contributed by atoms with E-state index >= 15 is 0 Å². The van der Waals surface area contributed by atoms with Crippen molar-refractivity contribution in [2.45, 2.75) is 25.4 Å². The van der Waals surface area contributed by atoms with Crippen LogP contribution in [0.15, 0.2) is 48.1 Å². The van der Waals surface area contributed by atoms with Crippen LogP contribution >= 0.6 is 11.3 Å². The van der Waals surface area contributed by atoms with E-state index in [0.717, 1.165) is 54.1 Å². The normalized spacial score (nSPS) is 22.9. The highest BCUT2D eigenvalue weighted by atomic mass is 32.1. The molecule has 0 unspecified atom stereocenters. The highest BCUT2D eigenvalue weighted by molar-refractivity contribution is 7.16. The van der Waals surface area contributed by atoms with Gasteiger partial charge in [-0.2, -0.15) is 0 Å². The number of aromatic nitrogens is 2. The van der Waals surface area contributed by atoms with E-state index in [1.54, 1.807) is 11.3 Å². The van der Waals surface area contributed by atoms with Gasteiger partial charge in [-0.3, -0.25) is 14.7 Å². The molecule has 3 aliphatic rings. The van der Waals surface area contributed by atoms with Crippen LogP contribution in [-0.4, -0.2) is 51.4 Å². The number of piperidine rings is 1. The van der Waals surface area contributed by atoms with Crippen molar-refractivity contribution in [1.29, 1.82) is 0 Å². The molecule has 1 aromatic carbocycles. The average Bonchev–Trinajstić information content (AvgIpc) is 3.00. The molecule has 0 aliphatic carbocycles. The molecule has 3 saturated heterocycles. The first-order chi connectivity index (χ1) is 13.3. The molecule has 6 heteroatoms. The standard InChI is InChI=1S/C21H22N4OS/c26-21(16-5-7-19-20(9-16)27-14-23-19)25-11-15-4-6-18(25)13-24(10-15)12-17-3-1-2-8-22-17/h1-3,5,7-9,14-15,18H,4,6,10-13H2/t15-,18+/m0/s1. The van der Waals surface area contributed by atoms with Crippen molar-refractivity contribution >= 4 is 27.5 Å². The number of hydrogen-bond donors (Lipinski definition) is 0. The van der Waals surface area contributed by atoms with Crippen molar-refractivity contribution in [2.75, 3.05) is 19.6 Å². The van der Waals surface area contributed by atoms with Gasteiger partial charge in [0.2, 0.25) is 0 Å². The molecular formula is C21H22N4OS. The van der Waals surface area contributed by atoms with Crippen molar-refractivity contribution in [3.63, 3.8) is 0 Å². The van der Waals surface area contributed by atoms with Crippen LogP contribution in [-0.2, 0) is 6.54 Å². The van der Waals surface area contributed by atoms with Gasteiger partial charge in [0.15, 0.2) is 0 Å². The summed E-state index contributed by atoms with van der Waals surface area (Å²) in [5.41, 5.74) is 4.70. The van der Waals surface area contributed by atoms with Gasteiger partial charge in [0.25, 0.3) is 5.91 Å². The predicted molar refractivity (Wildman–Crippen MR) is 107 cm³/mol. The van der Waals surface area contributed by atoms with Crippen LogP contribution in [0.4, 0.5) is 0 Å². The molecule has 27 heavy (non-hydrogen) atoms. The van der Waals surface area contributed by atoms with E-state index in [1.165, 1.54) is 6.42 Å². The lowest BCUT2D eigenvalue weighted by molar-refractivity contribution is 0.0585. The summed E-state index contributed by atoms with van der Waals surface area (Å²) in [6.07, 6.45) is 4.16. The highest BCUT2D eigenvalue weighted by Gasteiger charge is 2.37. The Bertz CT molecular complexity index is 957.